The molecule has 0 amide bonds. The van der Waals surface area contributed by atoms with Crippen LogP contribution in [0.1, 0.15) is 22.3 Å². The first-order valence-electron chi connectivity index (χ1n) is 5.27. The van der Waals surface area contributed by atoms with Crippen LogP contribution in [0, 0.1) is 32.1 Å². The van der Waals surface area contributed by atoms with Crippen LogP contribution < -0.4 is 0 Å². The summed E-state index contributed by atoms with van der Waals surface area (Å²) in [5.41, 5.74) is 4.16. The van der Waals surface area contributed by atoms with E-state index in [0.717, 1.165) is 22.3 Å². The van der Waals surface area contributed by atoms with Crippen molar-refractivity contribution in [3.63, 3.8) is 0 Å². The highest BCUT2D eigenvalue weighted by Gasteiger charge is 2.10. The average Bonchev–Trinajstić information content (AvgIpc) is 2.27. The van der Waals surface area contributed by atoms with Gasteiger partial charge in [0.2, 0.25) is 0 Å². The molecule has 0 aromatic heterocycles. The van der Waals surface area contributed by atoms with Crippen LogP contribution in [0.2, 0.25) is 0 Å². The molecule has 0 fully saturated rings. The maximum absolute atomic E-state index is 11.3. The van der Waals surface area contributed by atoms with Crippen LogP contribution in [0.5, 0.6) is 0 Å². The van der Waals surface area contributed by atoms with E-state index in [4.69, 9.17) is 5.26 Å². The molecule has 0 spiro atoms. The third-order valence-corrected chi connectivity index (χ3v) is 2.55. The smallest absolute Gasteiger partial charge is 0.348 e. The minimum atomic E-state index is -0.605. The van der Waals surface area contributed by atoms with E-state index in [2.05, 4.69) is 4.74 Å². The van der Waals surface area contributed by atoms with Gasteiger partial charge in [-0.2, -0.15) is 5.26 Å². The standard InChI is InChI=1S/C14H15NO2/c1-9-5-10(2)13(11(3)6-9)7-12(8-15)14(16)17-4/h5-7H,1-4H3/b12-7-. The third-order valence-electron chi connectivity index (χ3n) is 2.55. The Hall–Kier alpha value is -2.08. The monoisotopic (exact) mass is 229 g/mol. The van der Waals surface area contributed by atoms with Gasteiger partial charge in [-0.25, -0.2) is 4.79 Å². The summed E-state index contributed by atoms with van der Waals surface area (Å²) in [4.78, 5) is 11.3. The second-order valence-electron chi connectivity index (χ2n) is 3.97. The number of hydrogen-bond donors (Lipinski definition) is 0. The number of methoxy groups -OCH3 is 1. The van der Waals surface area contributed by atoms with Crippen molar-refractivity contribution in [3.8, 4) is 6.07 Å². The van der Waals surface area contributed by atoms with Crippen LogP contribution in [0.4, 0.5) is 0 Å². The zero-order valence-electron chi connectivity index (χ0n) is 10.5. The van der Waals surface area contributed by atoms with Crippen LogP contribution in [0.3, 0.4) is 0 Å². The Labute approximate surface area is 101 Å². The largest absolute Gasteiger partial charge is 0.465 e. The Morgan fingerprint density at radius 3 is 2.24 bits per heavy atom. The van der Waals surface area contributed by atoms with Crippen LogP contribution in [0.15, 0.2) is 17.7 Å². The molecule has 0 N–H and O–H groups in total. The summed E-state index contributed by atoms with van der Waals surface area (Å²) in [6, 6.07) is 5.89. The predicted molar refractivity (Wildman–Crippen MR) is 66.3 cm³/mol. The predicted octanol–water partition coefficient (Wildman–Crippen LogP) is 2.69. The van der Waals surface area contributed by atoms with Crippen LogP contribution in [-0.4, -0.2) is 13.1 Å². The lowest BCUT2D eigenvalue weighted by atomic mass is 9.98. The van der Waals surface area contributed by atoms with E-state index >= 15 is 0 Å². The molecule has 0 heterocycles. The van der Waals surface area contributed by atoms with Crippen molar-refractivity contribution in [1.82, 2.24) is 0 Å². The summed E-state index contributed by atoms with van der Waals surface area (Å²) in [6.45, 7) is 5.93. The first kappa shape index (κ1) is 13.0. The van der Waals surface area contributed by atoms with Crippen molar-refractivity contribution in [2.75, 3.05) is 7.11 Å². The molecule has 1 aromatic carbocycles. The molecule has 3 nitrogen and oxygen atoms in total. The van der Waals surface area contributed by atoms with E-state index in [0.29, 0.717) is 0 Å². The zero-order chi connectivity index (χ0) is 13.0. The topological polar surface area (TPSA) is 50.1 Å². The van der Waals surface area contributed by atoms with Gasteiger partial charge in [-0.15, -0.1) is 0 Å². The molecule has 1 aromatic rings. The van der Waals surface area contributed by atoms with E-state index in [9.17, 15) is 4.79 Å². The van der Waals surface area contributed by atoms with Crippen molar-refractivity contribution in [2.45, 2.75) is 20.8 Å². The number of hydrogen-bond acceptors (Lipinski definition) is 3. The van der Waals surface area contributed by atoms with Crippen LogP contribution >= 0.6 is 0 Å². The van der Waals surface area contributed by atoms with Crippen LogP contribution in [-0.2, 0) is 9.53 Å². The minimum absolute atomic E-state index is 0.0163. The summed E-state index contributed by atoms with van der Waals surface area (Å²) >= 11 is 0. The summed E-state index contributed by atoms with van der Waals surface area (Å²) in [5, 5.41) is 8.91. The Morgan fingerprint density at radius 2 is 1.82 bits per heavy atom. The fourth-order valence-electron chi connectivity index (χ4n) is 1.81. The number of ether oxygens (including phenoxy) is 1. The molecule has 0 aliphatic carbocycles. The summed E-state index contributed by atoms with van der Waals surface area (Å²) < 4.78 is 4.55. The fraction of sp³-hybridized carbons (Fsp3) is 0.286. The van der Waals surface area contributed by atoms with Crippen molar-refractivity contribution >= 4 is 12.0 Å². The highest BCUT2D eigenvalue weighted by molar-refractivity contribution is 5.98. The molecular weight excluding hydrogens is 214 g/mol. The van der Waals surface area contributed by atoms with Gasteiger partial charge in [0.05, 0.1) is 7.11 Å². The molecule has 0 unspecified atom stereocenters. The van der Waals surface area contributed by atoms with Gasteiger partial charge in [0.25, 0.3) is 0 Å². The normalized spacial score (nSPS) is 10.9. The van der Waals surface area contributed by atoms with Crippen molar-refractivity contribution in [1.29, 1.82) is 5.26 Å². The van der Waals surface area contributed by atoms with E-state index in [1.54, 1.807) is 6.08 Å². The Kier molecular flexibility index (Phi) is 4.06. The summed E-state index contributed by atoms with van der Waals surface area (Å²) in [7, 11) is 1.27. The average molecular weight is 229 g/mol. The summed E-state index contributed by atoms with van der Waals surface area (Å²) in [5.74, 6) is -0.605. The highest BCUT2D eigenvalue weighted by Crippen LogP contribution is 2.19. The Morgan fingerprint density at radius 1 is 1.29 bits per heavy atom. The number of carbonyl (C=O) groups is 1. The number of nitriles is 1. The second-order valence-corrected chi connectivity index (χ2v) is 3.97. The SMILES string of the molecule is COC(=O)/C(C#N)=C\c1c(C)cc(C)cc1C. The molecule has 0 saturated heterocycles. The van der Waals surface area contributed by atoms with E-state index in [1.165, 1.54) is 7.11 Å². The number of rotatable bonds is 2. The lowest BCUT2D eigenvalue weighted by molar-refractivity contribution is -0.135. The number of nitrogens with zero attached hydrogens (tertiary/aromatic N) is 1. The second kappa shape index (κ2) is 5.31. The van der Waals surface area contributed by atoms with Gasteiger partial charge in [0.1, 0.15) is 11.6 Å². The van der Waals surface area contributed by atoms with E-state index in [1.807, 2.05) is 39.0 Å². The quantitative estimate of drug-likeness (QED) is 0.445. The Bertz CT molecular complexity index is 499. The molecule has 0 aliphatic heterocycles. The van der Waals surface area contributed by atoms with E-state index in [-0.39, 0.29) is 5.57 Å². The molecule has 0 aliphatic rings. The molecular formula is C14H15NO2. The van der Waals surface area contributed by atoms with Gasteiger partial charge in [-0.05, 0) is 43.5 Å². The molecule has 0 saturated carbocycles. The molecule has 88 valence electrons. The van der Waals surface area contributed by atoms with Gasteiger partial charge in [0.15, 0.2) is 0 Å². The van der Waals surface area contributed by atoms with Crippen molar-refractivity contribution < 1.29 is 9.53 Å². The lowest BCUT2D eigenvalue weighted by Gasteiger charge is -2.07. The lowest BCUT2D eigenvalue weighted by Crippen LogP contribution is -2.03. The van der Waals surface area contributed by atoms with Crippen LogP contribution in [0.25, 0.3) is 6.08 Å². The molecule has 3 heteroatoms. The molecule has 17 heavy (non-hydrogen) atoms. The maximum Gasteiger partial charge on any atom is 0.348 e. The number of esters is 1. The number of carbonyl (C=O) groups excluding carboxylic acids is 1. The third kappa shape index (κ3) is 2.94. The first-order valence-corrected chi connectivity index (χ1v) is 5.27. The molecule has 1 rings (SSSR count). The van der Waals surface area contributed by atoms with E-state index < -0.39 is 5.97 Å². The first-order chi connectivity index (χ1) is 7.99. The summed E-state index contributed by atoms with van der Waals surface area (Å²) in [6.07, 6.45) is 1.58. The van der Waals surface area contributed by atoms with Gasteiger partial charge >= 0.3 is 5.97 Å². The van der Waals surface area contributed by atoms with Crippen molar-refractivity contribution in [2.24, 2.45) is 0 Å². The van der Waals surface area contributed by atoms with Gasteiger partial charge in [-0.1, -0.05) is 17.7 Å². The number of benzene rings is 1. The van der Waals surface area contributed by atoms with Gasteiger partial charge in [0, 0.05) is 0 Å². The minimum Gasteiger partial charge on any atom is -0.465 e. The van der Waals surface area contributed by atoms with Gasteiger partial charge in [-0.3, -0.25) is 0 Å². The number of aryl methyl sites for hydroxylation is 3. The molecule has 0 bridgehead atoms. The zero-order valence-corrected chi connectivity index (χ0v) is 10.5. The molecule has 0 radical (unpaired) electrons. The maximum atomic E-state index is 11.3. The Balaban J connectivity index is 3.31. The highest BCUT2D eigenvalue weighted by atomic mass is 16.5. The van der Waals surface area contributed by atoms with Gasteiger partial charge < -0.3 is 4.74 Å². The van der Waals surface area contributed by atoms with Crippen molar-refractivity contribution in [3.05, 3.63) is 40.0 Å². The fourth-order valence-corrected chi connectivity index (χ4v) is 1.81. The molecule has 0 atom stereocenters.